The number of carbonyl (C=O) groups excluding carboxylic acids is 1. The van der Waals surface area contributed by atoms with Crippen molar-refractivity contribution in [2.45, 2.75) is 25.9 Å². The molecule has 1 aromatic carbocycles. The number of amides is 1. The topological polar surface area (TPSA) is 69.5 Å². The molecule has 2 aliphatic rings. The highest BCUT2D eigenvalue weighted by atomic mass is 16.7. The molecule has 1 amide bonds. The first kappa shape index (κ1) is 13.1. The summed E-state index contributed by atoms with van der Waals surface area (Å²) in [5, 5.41) is 4.27. The summed E-state index contributed by atoms with van der Waals surface area (Å²) < 4.78 is 12.5. The van der Waals surface area contributed by atoms with Gasteiger partial charge in [-0.15, -0.1) is 0 Å². The van der Waals surface area contributed by atoms with Crippen LogP contribution in [-0.2, 0) is 17.9 Å². The monoisotopic (exact) mass is 300 g/mol. The average Bonchev–Trinajstić information content (AvgIpc) is 3.23. The Morgan fingerprint density at radius 3 is 2.95 bits per heavy atom. The molecule has 0 saturated carbocycles. The predicted octanol–water partition coefficient (Wildman–Crippen LogP) is 1.18. The van der Waals surface area contributed by atoms with E-state index in [4.69, 9.17) is 9.47 Å². The van der Waals surface area contributed by atoms with E-state index in [-0.39, 0.29) is 12.7 Å². The lowest BCUT2D eigenvalue weighted by Crippen LogP contribution is -2.26. The van der Waals surface area contributed by atoms with E-state index < -0.39 is 0 Å². The van der Waals surface area contributed by atoms with Crippen molar-refractivity contribution in [3.05, 3.63) is 35.9 Å². The van der Waals surface area contributed by atoms with Crippen LogP contribution in [-0.4, -0.2) is 38.9 Å². The molecule has 7 nitrogen and oxygen atoms in total. The van der Waals surface area contributed by atoms with Gasteiger partial charge in [0, 0.05) is 13.0 Å². The molecule has 0 aliphatic carbocycles. The first-order valence-corrected chi connectivity index (χ1v) is 7.32. The zero-order valence-electron chi connectivity index (χ0n) is 12.1. The van der Waals surface area contributed by atoms with Crippen LogP contribution in [0.3, 0.4) is 0 Å². The highest BCUT2D eigenvalue weighted by molar-refractivity contribution is 5.77. The fraction of sp³-hybridized carbons (Fsp3) is 0.400. The number of carbonyl (C=O) groups is 1. The molecule has 0 N–H and O–H groups in total. The number of nitrogens with zero attached hydrogens (tertiary/aromatic N) is 4. The van der Waals surface area contributed by atoms with Crippen LogP contribution in [0.1, 0.15) is 24.2 Å². The van der Waals surface area contributed by atoms with E-state index in [9.17, 15) is 4.79 Å². The second kappa shape index (κ2) is 5.32. The van der Waals surface area contributed by atoms with Gasteiger partial charge >= 0.3 is 0 Å². The van der Waals surface area contributed by atoms with Crippen LogP contribution in [0.2, 0.25) is 0 Å². The molecular weight excluding hydrogens is 284 g/mol. The number of likely N-dealkylation sites (tertiary alicyclic amines) is 1. The molecule has 7 heteroatoms. The Labute approximate surface area is 127 Å². The van der Waals surface area contributed by atoms with Gasteiger partial charge in [-0.1, -0.05) is 6.07 Å². The quantitative estimate of drug-likeness (QED) is 0.848. The van der Waals surface area contributed by atoms with E-state index in [0.29, 0.717) is 19.5 Å². The number of aromatic nitrogens is 3. The predicted molar refractivity (Wildman–Crippen MR) is 76.3 cm³/mol. The molecule has 22 heavy (non-hydrogen) atoms. The van der Waals surface area contributed by atoms with Crippen molar-refractivity contribution in [2.24, 2.45) is 0 Å². The third kappa shape index (κ3) is 2.38. The second-order valence-electron chi connectivity index (χ2n) is 5.44. The van der Waals surface area contributed by atoms with Gasteiger partial charge in [-0.05, 0) is 24.1 Å². The fourth-order valence-electron chi connectivity index (χ4n) is 2.80. The Kier molecular flexibility index (Phi) is 3.17. The number of benzene rings is 1. The molecule has 1 saturated heterocycles. The summed E-state index contributed by atoms with van der Waals surface area (Å²) in [6, 6.07) is 5.84. The maximum Gasteiger partial charge on any atom is 0.231 e. The van der Waals surface area contributed by atoms with Crippen molar-refractivity contribution in [1.82, 2.24) is 19.7 Å². The minimum atomic E-state index is 0.192. The van der Waals surface area contributed by atoms with Crippen LogP contribution in [0, 0.1) is 0 Å². The molecule has 2 aliphatic heterocycles. The van der Waals surface area contributed by atoms with Crippen LogP contribution in [0.5, 0.6) is 11.5 Å². The number of hydrogen-bond acceptors (Lipinski definition) is 5. The SMILES string of the molecule is O=C1CCCN1Cc1ncnn1Cc1ccc2c(c1)OCO2. The zero-order valence-corrected chi connectivity index (χ0v) is 12.1. The molecule has 0 bridgehead atoms. The van der Waals surface area contributed by atoms with Crippen LogP contribution in [0.15, 0.2) is 24.5 Å². The molecule has 2 aromatic rings. The second-order valence-corrected chi connectivity index (χ2v) is 5.44. The lowest BCUT2D eigenvalue weighted by atomic mass is 10.2. The van der Waals surface area contributed by atoms with E-state index in [1.807, 2.05) is 27.8 Å². The first-order valence-electron chi connectivity index (χ1n) is 7.32. The van der Waals surface area contributed by atoms with E-state index in [2.05, 4.69) is 10.1 Å². The zero-order chi connectivity index (χ0) is 14.9. The van der Waals surface area contributed by atoms with Gasteiger partial charge in [-0.2, -0.15) is 5.10 Å². The summed E-state index contributed by atoms with van der Waals surface area (Å²) in [5.41, 5.74) is 1.06. The van der Waals surface area contributed by atoms with E-state index in [1.165, 1.54) is 6.33 Å². The Morgan fingerprint density at radius 1 is 1.18 bits per heavy atom. The molecule has 1 aromatic heterocycles. The third-order valence-electron chi connectivity index (χ3n) is 3.97. The van der Waals surface area contributed by atoms with Crippen LogP contribution < -0.4 is 9.47 Å². The third-order valence-corrected chi connectivity index (χ3v) is 3.97. The number of hydrogen-bond donors (Lipinski definition) is 0. The highest BCUT2D eigenvalue weighted by Gasteiger charge is 2.22. The lowest BCUT2D eigenvalue weighted by Gasteiger charge is -2.15. The van der Waals surface area contributed by atoms with Gasteiger partial charge in [0.2, 0.25) is 12.7 Å². The summed E-state index contributed by atoms with van der Waals surface area (Å²) in [4.78, 5) is 17.9. The Morgan fingerprint density at radius 2 is 2.09 bits per heavy atom. The lowest BCUT2D eigenvalue weighted by molar-refractivity contribution is -0.128. The van der Waals surface area contributed by atoms with E-state index >= 15 is 0 Å². The van der Waals surface area contributed by atoms with Gasteiger partial charge in [0.25, 0.3) is 0 Å². The summed E-state index contributed by atoms with van der Waals surface area (Å²) in [7, 11) is 0. The summed E-state index contributed by atoms with van der Waals surface area (Å²) in [6.07, 6.45) is 3.09. The van der Waals surface area contributed by atoms with Crippen molar-refractivity contribution in [3.63, 3.8) is 0 Å². The maximum absolute atomic E-state index is 11.7. The minimum Gasteiger partial charge on any atom is -0.454 e. The number of ether oxygens (including phenoxy) is 2. The highest BCUT2D eigenvalue weighted by Crippen LogP contribution is 2.32. The first-order chi connectivity index (χ1) is 10.8. The van der Waals surface area contributed by atoms with Gasteiger partial charge < -0.3 is 14.4 Å². The summed E-state index contributed by atoms with van der Waals surface area (Å²) >= 11 is 0. The van der Waals surface area contributed by atoms with Gasteiger partial charge in [0.15, 0.2) is 11.5 Å². The maximum atomic E-state index is 11.7. The normalized spacial score (nSPS) is 16.5. The number of rotatable bonds is 4. The van der Waals surface area contributed by atoms with Crippen molar-refractivity contribution in [3.8, 4) is 11.5 Å². The average molecular weight is 300 g/mol. The molecule has 0 radical (unpaired) electrons. The molecule has 3 heterocycles. The molecule has 4 rings (SSSR count). The largest absolute Gasteiger partial charge is 0.454 e. The van der Waals surface area contributed by atoms with Crippen LogP contribution >= 0.6 is 0 Å². The summed E-state index contributed by atoms with van der Waals surface area (Å²) in [5.74, 6) is 2.52. The van der Waals surface area contributed by atoms with Crippen molar-refractivity contribution < 1.29 is 14.3 Å². The molecule has 114 valence electrons. The van der Waals surface area contributed by atoms with Crippen molar-refractivity contribution in [2.75, 3.05) is 13.3 Å². The molecule has 0 atom stereocenters. The number of fused-ring (bicyclic) bond motifs is 1. The minimum absolute atomic E-state index is 0.192. The van der Waals surface area contributed by atoms with Crippen molar-refractivity contribution in [1.29, 1.82) is 0 Å². The van der Waals surface area contributed by atoms with E-state index in [0.717, 1.165) is 35.9 Å². The molecular formula is C15H16N4O3. The standard InChI is InChI=1S/C15H16N4O3/c20-15-2-1-5-18(15)8-14-16-9-17-19(14)7-11-3-4-12-13(6-11)22-10-21-12/h3-4,6,9H,1-2,5,7-8,10H2. The Bertz CT molecular complexity index is 713. The summed E-state index contributed by atoms with van der Waals surface area (Å²) in [6.45, 7) is 2.18. The van der Waals surface area contributed by atoms with Gasteiger partial charge in [-0.3, -0.25) is 4.79 Å². The smallest absolute Gasteiger partial charge is 0.231 e. The van der Waals surface area contributed by atoms with Crippen molar-refractivity contribution >= 4 is 5.91 Å². The van der Waals surface area contributed by atoms with E-state index in [1.54, 1.807) is 0 Å². The van der Waals surface area contributed by atoms with Gasteiger partial charge in [0.05, 0.1) is 13.1 Å². The fourth-order valence-corrected chi connectivity index (χ4v) is 2.80. The molecule has 0 unspecified atom stereocenters. The molecule has 1 fully saturated rings. The van der Waals surface area contributed by atoms with Gasteiger partial charge in [-0.25, -0.2) is 9.67 Å². The van der Waals surface area contributed by atoms with Crippen LogP contribution in [0.25, 0.3) is 0 Å². The van der Waals surface area contributed by atoms with Crippen LogP contribution in [0.4, 0.5) is 0 Å². The Hall–Kier alpha value is -2.57. The Balaban J connectivity index is 1.51. The van der Waals surface area contributed by atoms with Gasteiger partial charge in [0.1, 0.15) is 12.2 Å². The molecule has 0 spiro atoms.